The molecule has 0 atom stereocenters. The Kier molecular flexibility index (Phi) is 13.6. The van der Waals surface area contributed by atoms with Crippen molar-refractivity contribution in [3.63, 3.8) is 0 Å². The first-order valence-corrected chi connectivity index (χ1v) is 12.6. The molecule has 0 aliphatic heterocycles. The van der Waals surface area contributed by atoms with Crippen LogP contribution >= 0.6 is 0 Å². The molecule has 182 valence electrons. The lowest BCUT2D eigenvalue weighted by molar-refractivity contribution is -0.121. The number of aromatic hydroxyl groups is 1. The predicted molar refractivity (Wildman–Crippen MR) is 134 cm³/mol. The van der Waals surface area contributed by atoms with E-state index < -0.39 is 0 Å². The van der Waals surface area contributed by atoms with Gasteiger partial charge in [0.1, 0.15) is 23.0 Å². The van der Waals surface area contributed by atoms with Gasteiger partial charge in [-0.2, -0.15) is 0 Å². The smallest absolute Gasteiger partial charge is 0.219 e. The van der Waals surface area contributed by atoms with E-state index in [1.54, 1.807) is 24.3 Å². The van der Waals surface area contributed by atoms with Crippen LogP contribution < -0.4 is 14.8 Å². The Balaban J connectivity index is 1.42. The van der Waals surface area contributed by atoms with Crippen LogP contribution in [0.15, 0.2) is 48.5 Å². The first-order chi connectivity index (χ1) is 16.2. The number of phenolic OH excluding ortho intramolecular Hbond substituents is 1. The van der Waals surface area contributed by atoms with Crippen molar-refractivity contribution in [3.8, 4) is 23.0 Å². The van der Waals surface area contributed by atoms with Crippen LogP contribution in [-0.2, 0) is 4.79 Å². The zero-order valence-corrected chi connectivity index (χ0v) is 20.2. The van der Waals surface area contributed by atoms with Crippen molar-refractivity contribution in [1.82, 2.24) is 5.32 Å². The van der Waals surface area contributed by atoms with E-state index in [1.807, 2.05) is 24.3 Å². The van der Waals surface area contributed by atoms with E-state index in [0.29, 0.717) is 18.8 Å². The first-order valence-electron chi connectivity index (χ1n) is 12.6. The minimum Gasteiger partial charge on any atom is -0.508 e. The highest BCUT2D eigenvalue weighted by molar-refractivity contribution is 5.75. The molecule has 0 radical (unpaired) electrons. The van der Waals surface area contributed by atoms with E-state index >= 15 is 0 Å². The number of nitrogens with one attached hydrogen (secondary N) is 1. The van der Waals surface area contributed by atoms with Gasteiger partial charge in [-0.15, -0.1) is 0 Å². The van der Waals surface area contributed by atoms with Gasteiger partial charge < -0.3 is 19.9 Å². The fourth-order valence-corrected chi connectivity index (χ4v) is 3.58. The van der Waals surface area contributed by atoms with Crippen molar-refractivity contribution in [2.75, 3.05) is 13.2 Å². The second kappa shape index (κ2) is 16.9. The summed E-state index contributed by atoms with van der Waals surface area (Å²) in [5, 5.41) is 12.4. The number of carbonyl (C=O) groups is 1. The maximum Gasteiger partial charge on any atom is 0.219 e. The van der Waals surface area contributed by atoms with Crippen molar-refractivity contribution in [3.05, 3.63) is 48.5 Å². The minimum atomic E-state index is 0.199. The van der Waals surface area contributed by atoms with Crippen molar-refractivity contribution in [2.24, 2.45) is 0 Å². The number of carbonyl (C=O) groups excluding carboxylic acids is 1. The molecule has 0 aromatic heterocycles. The standard InChI is InChI=1S/C28H41NO4/c1-2-3-4-5-6-7-10-13-28(31)29-22-11-8-9-12-23-32-25-18-20-27(21-19-25)33-26-16-14-24(30)15-17-26/h14-21,30H,2-13,22-23H2,1H3,(H,29,31). The summed E-state index contributed by atoms with van der Waals surface area (Å²) in [6.45, 7) is 3.69. The Hall–Kier alpha value is -2.69. The third-order valence-electron chi connectivity index (χ3n) is 5.57. The van der Waals surface area contributed by atoms with Gasteiger partial charge in [0.15, 0.2) is 0 Å². The SMILES string of the molecule is CCCCCCCCCC(=O)NCCCCCCOc1ccc(Oc2ccc(O)cc2)cc1. The van der Waals surface area contributed by atoms with Gasteiger partial charge in [-0.1, -0.05) is 58.3 Å². The van der Waals surface area contributed by atoms with Gasteiger partial charge in [-0.25, -0.2) is 0 Å². The van der Waals surface area contributed by atoms with Crippen LogP contribution in [0.1, 0.15) is 84.0 Å². The summed E-state index contributed by atoms with van der Waals surface area (Å²) in [6.07, 6.45) is 13.6. The Morgan fingerprint density at radius 1 is 0.727 bits per heavy atom. The highest BCUT2D eigenvalue weighted by Crippen LogP contribution is 2.25. The Bertz CT molecular complexity index is 758. The van der Waals surface area contributed by atoms with Crippen molar-refractivity contribution < 1.29 is 19.4 Å². The van der Waals surface area contributed by atoms with Gasteiger partial charge in [-0.3, -0.25) is 4.79 Å². The summed E-state index contributed by atoms with van der Waals surface area (Å²) in [6, 6.07) is 14.2. The quantitative estimate of drug-likeness (QED) is 0.230. The molecule has 33 heavy (non-hydrogen) atoms. The van der Waals surface area contributed by atoms with Gasteiger partial charge in [0.05, 0.1) is 6.61 Å². The second-order valence-corrected chi connectivity index (χ2v) is 8.55. The molecule has 0 saturated carbocycles. The Morgan fingerprint density at radius 2 is 1.27 bits per heavy atom. The van der Waals surface area contributed by atoms with Crippen molar-refractivity contribution in [2.45, 2.75) is 84.0 Å². The molecule has 2 aromatic carbocycles. The number of phenols is 1. The van der Waals surface area contributed by atoms with E-state index in [4.69, 9.17) is 9.47 Å². The summed E-state index contributed by atoms with van der Waals surface area (Å²) in [4.78, 5) is 11.9. The molecule has 0 unspecified atom stereocenters. The maximum absolute atomic E-state index is 11.9. The molecule has 2 rings (SSSR count). The van der Waals surface area contributed by atoms with Gasteiger partial charge in [0.25, 0.3) is 0 Å². The molecule has 1 amide bonds. The number of unbranched alkanes of at least 4 members (excludes halogenated alkanes) is 9. The van der Waals surface area contributed by atoms with Crippen LogP contribution in [0.2, 0.25) is 0 Å². The van der Waals surface area contributed by atoms with E-state index in [9.17, 15) is 9.90 Å². The van der Waals surface area contributed by atoms with Gasteiger partial charge in [-0.05, 0) is 67.8 Å². The Morgan fingerprint density at radius 3 is 1.97 bits per heavy atom. The maximum atomic E-state index is 11.9. The van der Waals surface area contributed by atoms with Crippen LogP contribution in [0.3, 0.4) is 0 Å². The topological polar surface area (TPSA) is 67.8 Å². The molecule has 2 aromatic rings. The zero-order chi connectivity index (χ0) is 23.6. The van der Waals surface area contributed by atoms with E-state index in [0.717, 1.165) is 50.1 Å². The molecule has 0 fully saturated rings. The molecule has 0 bridgehead atoms. The average Bonchev–Trinajstić information content (AvgIpc) is 2.82. The van der Waals surface area contributed by atoms with Gasteiger partial charge in [0, 0.05) is 13.0 Å². The van der Waals surface area contributed by atoms with E-state index in [-0.39, 0.29) is 11.7 Å². The fourth-order valence-electron chi connectivity index (χ4n) is 3.58. The highest BCUT2D eigenvalue weighted by atomic mass is 16.5. The van der Waals surface area contributed by atoms with E-state index in [1.165, 1.54) is 38.5 Å². The highest BCUT2D eigenvalue weighted by Gasteiger charge is 2.02. The molecule has 0 aliphatic rings. The normalized spacial score (nSPS) is 10.7. The lowest BCUT2D eigenvalue weighted by Gasteiger charge is -2.09. The van der Waals surface area contributed by atoms with Crippen LogP contribution in [0.5, 0.6) is 23.0 Å². The molecular weight excluding hydrogens is 414 g/mol. The summed E-state index contributed by atoms with van der Waals surface area (Å²) < 4.78 is 11.5. The minimum absolute atomic E-state index is 0.199. The summed E-state index contributed by atoms with van der Waals surface area (Å²) in [7, 11) is 0. The molecule has 0 aliphatic carbocycles. The third-order valence-corrected chi connectivity index (χ3v) is 5.57. The number of ether oxygens (including phenoxy) is 2. The lowest BCUT2D eigenvalue weighted by atomic mass is 10.1. The number of rotatable bonds is 18. The van der Waals surface area contributed by atoms with Crippen molar-refractivity contribution >= 4 is 5.91 Å². The average molecular weight is 456 g/mol. The van der Waals surface area contributed by atoms with Crippen LogP contribution in [0.25, 0.3) is 0 Å². The Labute approximate surface area is 199 Å². The number of hydrogen-bond acceptors (Lipinski definition) is 4. The van der Waals surface area contributed by atoms with Crippen molar-refractivity contribution in [1.29, 1.82) is 0 Å². The third kappa shape index (κ3) is 12.8. The largest absolute Gasteiger partial charge is 0.508 e. The molecule has 0 heterocycles. The first kappa shape index (κ1) is 26.6. The van der Waals surface area contributed by atoms with Crippen LogP contribution in [-0.4, -0.2) is 24.2 Å². The van der Waals surface area contributed by atoms with Gasteiger partial charge in [0.2, 0.25) is 5.91 Å². The summed E-state index contributed by atoms with van der Waals surface area (Å²) >= 11 is 0. The molecule has 5 heteroatoms. The number of benzene rings is 2. The summed E-state index contributed by atoms with van der Waals surface area (Å²) in [5.74, 6) is 2.64. The molecule has 2 N–H and O–H groups in total. The molecule has 5 nitrogen and oxygen atoms in total. The summed E-state index contributed by atoms with van der Waals surface area (Å²) in [5.41, 5.74) is 0. The molecular formula is C28H41NO4. The lowest BCUT2D eigenvalue weighted by Crippen LogP contribution is -2.23. The molecule has 0 spiro atoms. The fraction of sp³-hybridized carbons (Fsp3) is 0.536. The van der Waals surface area contributed by atoms with Crippen LogP contribution in [0.4, 0.5) is 0 Å². The predicted octanol–water partition coefficient (Wildman–Crippen LogP) is 7.38. The second-order valence-electron chi connectivity index (χ2n) is 8.55. The monoisotopic (exact) mass is 455 g/mol. The number of hydrogen-bond donors (Lipinski definition) is 2. The number of amides is 1. The van der Waals surface area contributed by atoms with Gasteiger partial charge >= 0.3 is 0 Å². The zero-order valence-electron chi connectivity index (χ0n) is 20.2. The van der Waals surface area contributed by atoms with Crippen LogP contribution in [0, 0.1) is 0 Å². The molecule has 0 saturated heterocycles. The van der Waals surface area contributed by atoms with E-state index in [2.05, 4.69) is 12.2 Å².